The average Bonchev–Trinajstić information content (AvgIpc) is 2.08. The quantitative estimate of drug-likeness (QED) is 0.515. The first-order valence-corrected chi connectivity index (χ1v) is 3.17. The summed E-state index contributed by atoms with van der Waals surface area (Å²) >= 11 is 0. The molecular formula is C6H13N2O. The van der Waals surface area contributed by atoms with Gasteiger partial charge in [0.15, 0.2) is 0 Å². The highest BCUT2D eigenvalue weighted by atomic mass is 16.7. The molecule has 1 rings (SSSR count). The lowest BCUT2D eigenvalue weighted by atomic mass is 9.95. The van der Waals surface area contributed by atoms with Crippen LogP contribution in [0.25, 0.3) is 0 Å². The fourth-order valence-electron chi connectivity index (χ4n) is 0.734. The summed E-state index contributed by atoms with van der Waals surface area (Å²) in [4.78, 5) is 5.03. The number of hydroxylamine groups is 1. The molecular weight excluding hydrogens is 116 g/mol. The van der Waals surface area contributed by atoms with Crippen LogP contribution in [0.1, 0.15) is 20.8 Å². The lowest BCUT2D eigenvalue weighted by molar-refractivity contribution is -0.0381. The third-order valence-corrected chi connectivity index (χ3v) is 1.31. The van der Waals surface area contributed by atoms with Crippen molar-refractivity contribution in [3.05, 3.63) is 0 Å². The van der Waals surface area contributed by atoms with Gasteiger partial charge in [-0.15, -0.1) is 0 Å². The van der Waals surface area contributed by atoms with Crippen molar-refractivity contribution in [2.24, 2.45) is 5.41 Å². The molecule has 1 radical (unpaired) electrons. The second-order valence-corrected chi connectivity index (χ2v) is 3.34. The molecule has 1 N–H and O–H groups in total. The highest BCUT2D eigenvalue weighted by Gasteiger charge is 2.28. The Morgan fingerprint density at radius 2 is 2.22 bits per heavy atom. The molecule has 0 aromatic heterocycles. The van der Waals surface area contributed by atoms with Crippen molar-refractivity contribution in [3.63, 3.8) is 0 Å². The van der Waals surface area contributed by atoms with Crippen LogP contribution in [0.4, 0.5) is 0 Å². The van der Waals surface area contributed by atoms with E-state index in [1.165, 1.54) is 0 Å². The molecule has 1 aliphatic rings. The molecule has 53 valence electrons. The zero-order valence-electron chi connectivity index (χ0n) is 6.14. The van der Waals surface area contributed by atoms with Crippen molar-refractivity contribution in [2.75, 3.05) is 6.67 Å². The maximum absolute atomic E-state index is 5.03. The molecule has 1 saturated heterocycles. The second-order valence-electron chi connectivity index (χ2n) is 3.34. The first-order valence-electron chi connectivity index (χ1n) is 3.17. The third kappa shape index (κ3) is 1.64. The first-order chi connectivity index (χ1) is 4.11. The van der Waals surface area contributed by atoms with E-state index in [1.54, 1.807) is 0 Å². The Kier molecular flexibility index (Phi) is 1.75. The standard InChI is InChI=1S/C6H13N2O/c1-6(2,3)5-7-4-8-9-5/h5,7H,4H2,1-3H3. The van der Waals surface area contributed by atoms with Crippen molar-refractivity contribution >= 4 is 0 Å². The van der Waals surface area contributed by atoms with Crippen LogP contribution >= 0.6 is 0 Å². The maximum atomic E-state index is 5.03. The van der Waals surface area contributed by atoms with Crippen LogP contribution < -0.4 is 10.8 Å². The van der Waals surface area contributed by atoms with Gasteiger partial charge in [-0.3, -0.25) is 10.2 Å². The summed E-state index contributed by atoms with van der Waals surface area (Å²) in [5, 5.41) is 3.11. The van der Waals surface area contributed by atoms with Gasteiger partial charge in [-0.05, 0) is 0 Å². The molecule has 1 atom stereocenters. The Labute approximate surface area is 55.7 Å². The van der Waals surface area contributed by atoms with Crippen molar-refractivity contribution in [1.82, 2.24) is 10.8 Å². The minimum absolute atomic E-state index is 0.0949. The highest BCUT2D eigenvalue weighted by Crippen LogP contribution is 2.20. The van der Waals surface area contributed by atoms with Crippen molar-refractivity contribution in [3.8, 4) is 0 Å². The van der Waals surface area contributed by atoms with E-state index >= 15 is 0 Å². The van der Waals surface area contributed by atoms with Crippen molar-refractivity contribution < 1.29 is 4.84 Å². The van der Waals surface area contributed by atoms with Gasteiger partial charge in [0.25, 0.3) is 0 Å². The van der Waals surface area contributed by atoms with E-state index in [1.807, 2.05) is 0 Å². The fraction of sp³-hybridized carbons (Fsp3) is 1.00. The largest absolute Gasteiger partial charge is 0.274 e. The van der Waals surface area contributed by atoms with Gasteiger partial charge in [-0.2, -0.15) is 0 Å². The molecule has 0 aromatic rings. The summed E-state index contributed by atoms with van der Waals surface area (Å²) in [5.41, 5.74) is 3.87. The van der Waals surface area contributed by atoms with Crippen LogP contribution in [-0.2, 0) is 4.84 Å². The molecule has 1 aliphatic heterocycles. The molecule has 0 spiro atoms. The van der Waals surface area contributed by atoms with E-state index in [9.17, 15) is 0 Å². The predicted molar refractivity (Wildman–Crippen MR) is 34.5 cm³/mol. The van der Waals surface area contributed by atoms with Gasteiger partial charge in [0.1, 0.15) is 6.23 Å². The van der Waals surface area contributed by atoms with E-state index < -0.39 is 0 Å². The summed E-state index contributed by atoms with van der Waals surface area (Å²) in [6.45, 7) is 6.98. The molecule has 1 unspecified atom stereocenters. The SMILES string of the molecule is CC(C)(C)C1NC[N]O1. The monoisotopic (exact) mass is 129 g/mol. The summed E-state index contributed by atoms with van der Waals surface area (Å²) in [5.74, 6) is 0. The first kappa shape index (κ1) is 6.99. The fourth-order valence-corrected chi connectivity index (χ4v) is 0.734. The van der Waals surface area contributed by atoms with Gasteiger partial charge >= 0.3 is 0 Å². The molecule has 0 amide bonds. The van der Waals surface area contributed by atoms with E-state index in [-0.39, 0.29) is 11.6 Å². The van der Waals surface area contributed by atoms with E-state index in [2.05, 4.69) is 31.6 Å². The Morgan fingerprint density at radius 1 is 1.56 bits per heavy atom. The molecule has 9 heavy (non-hydrogen) atoms. The molecule has 1 heterocycles. The van der Waals surface area contributed by atoms with Crippen molar-refractivity contribution in [1.29, 1.82) is 0 Å². The van der Waals surface area contributed by atoms with E-state index in [0.29, 0.717) is 6.67 Å². The molecule has 1 fully saturated rings. The number of hydrogen-bond acceptors (Lipinski definition) is 2. The number of rotatable bonds is 0. The summed E-state index contributed by atoms with van der Waals surface area (Å²) in [6, 6.07) is 0. The topological polar surface area (TPSA) is 35.4 Å². The maximum Gasteiger partial charge on any atom is 0.137 e. The summed E-state index contributed by atoms with van der Waals surface area (Å²) in [7, 11) is 0. The summed E-state index contributed by atoms with van der Waals surface area (Å²) < 4.78 is 0. The molecule has 0 bridgehead atoms. The summed E-state index contributed by atoms with van der Waals surface area (Å²) in [6.07, 6.45) is 0.0949. The van der Waals surface area contributed by atoms with Gasteiger partial charge in [0, 0.05) is 5.41 Å². The lowest BCUT2D eigenvalue weighted by Crippen LogP contribution is -2.35. The molecule has 3 heteroatoms. The van der Waals surface area contributed by atoms with Gasteiger partial charge < -0.3 is 0 Å². The molecule has 0 aromatic carbocycles. The smallest absolute Gasteiger partial charge is 0.137 e. The Hall–Kier alpha value is -0.120. The number of nitrogens with zero attached hydrogens (tertiary/aromatic N) is 1. The van der Waals surface area contributed by atoms with Crippen LogP contribution in [0.15, 0.2) is 0 Å². The number of hydrogen-bond donors (Lipinski definition) is 1. The predicted octanol–water partition coefficient (Wildman–Crippen LogP) is 0.455. The zero-order chi connectivity index (χ0) is 6.91. The van der Waals surface area contributed by atoms with Crippen molar-refractivity contribution in [2.45, 2.75) is 27.0 Å². The van der Waals surface area contributed by atoms with Crippen LogP contribution in [0.2, 0.25) is 0 Å². The van der Waals surface area contributed by atoms with E-state index in [0.717, 1.165) is 0 Å². The molecule has 3 nitrogen and oxygen atoms in total. The minimum Gasteiger partial charge on any atom is -0.274 e. The van der Waals surface area contributed by atoms with Crippen LogP contribution in [0.5, 0.6) is 0 Å². The van der Waals surface area contributed by atoms with Crippen LogP contribution in [-0.4, -0.2) is 12.9 Å². The van der Waals surface area contributed by atoms with Gasteiger partial charge in [-0.25, -0.2) is 0 Å². The normalized spacial score (nSPS) is 29.0. The number of nitrogens with one attached hydrogen (secondary N) is 1. The molecule has 0 saturated carbocycles. The van der Waals surface area contributed by atoms with Gasteiger partial charge in [-0.1, -0.05) is 26.3 Å². The Morgan fingerprint density at radius 3 is 2.44 bits per heavy atom. The average molecular weight is 129 g/mol. The van der Waals surface area contributed by atoms with Gasteiger partial charge in [0.05, 0.1) is 6.67 Å². The van der Waals surface area contributed by atoms with E-state index in [4.69, 9.17) is 4.84 Å². The minimum atomic E-state index is 0.0949. The zero-order valence-corrected chi connectivity index (χ0v) is 6.14. The van der Waals surface area contributed by atoms with Crippen LogP contribution in [0, 0.1) is 5.41 Å². The Bertz CT molecular complexity index is 91.7. The van der Waals surface area contributed by atoms with Crippen LogP contribution in [0.3, 0.4) is 0 Å². The Balaban J connectivity index is 2.42. The third-order valence-electron chi connectivity index (χ3n) is 1.31. The lowest BCUT2D eigenvalue weighted by Gasteiger charge is -2.23. The molecule has 0 aliphatic carbocycles. The second kappa shape index (κ2) is 2.25. The van der Waals surface area contributed by atoms with Gasteiger partial charge in [0.2, 0.25) is 0 Å². The highest BCUT2D eigenvalue weighted by molar-refractivity contribution is 4.73.